The van der Waals surface area contributed by atoms with Crippen molar-refractivity contribution in [2.45, 2.75) is 19.9 Å². The highest BCUT2D eigenvalue weighted by Gasteiger charge is 2.12. The van der Waals surface area contributed by atoms with Crippen LogP contribution in [0.5, 0.6) is 5.75 Å². The van der Waals surface area contributed by atoms with Gasteiger partial charge in [0.1, 0.15) is 5.75 Å². The van der Waals surface area contributed by atoms with E-state index in [1.54, 1.807) is 7.11 Å². The first-order valence-corrected chi connectivity index (χ1v) is 6.09. The number of nitrogens with two attached hydrogens (primary N) is 1. The van der Waals surface area contributed by atoms with Gasteiger partial charge in [-0.25, -0.2) is 0 Å². The molecule has 0 saturated carbocycles. The highest BCUT2D eigenvalue weighted by atomic mass is 35.5. The fourth-order valence-corrected chi connectivity index (χ4v) is 2.42. The molecule has 0 saturated heterocycles. The van der Waals surface area contributed by atoms with Crippen molar-refractivity contribution >= 4 is 22.5 Å². The van der Waals surface area contributed by atoms with Crippen LogP contribution in [0.4, 0.5) is 0 Å². The monoisotopic (exact) mass is 252 g/mol. The number of hydrogen-bond donors (Lipinski definition) is 1. The van der Waals surface area contributed by atoms with Crippen molar-refractivity contribution in [3.05, 3.63) is 28.9 Å². The predicted molar refractivity (Wildman–Crippen MR) is 71.9 cm³/mol. The molecular formula is C13H17ClN2O. The Morgan fingerprint density at radius 3 is 2.82 bits per heavy atom. The van der Waals surface area contributed by atoms with E-state index in [2.05, 4.69) is 17.6 Å². The molecule has 0 fully saturated rings. The van der Waals surface area contributed by atoms with Crippen molar-refractivity contribution in [1.82, 2.24) is 4.57 Å². The van der Waals surface area contributed by atoms with Crippen LogP contribution in [0.1, 0.15) is 12.1 Å². The normalized spacial score (nSPS) is 11.1. The van der Waals surface area contributed by atoms with E-state index < -0.39 is 0 Å². The number of rotatable bonds is 4. The lowest BCUT2D eigenvalue weighted by Crippen LogP contribution is -2.06. The third-order valence-corrected chi connectivity index (χ3v) is 3.29. The number of methoxy groups -OCH3 is 1. The molecule has 0 radical (unpaired) electrons. The Morgan fingerprint density at radius 2 is 2.18 bits per heavy atom. The molecule has 2 aromatic rings. The molecular weight excluding hydrogens is 236 g/mol. The van der Waals surface area contributed by atoms with Gasteiger partial charge in [-0.2, -0.15) is 0 Å². The maximum atomic E-state index is 6.28. The molecule has 0 aliphatic rings. The molecule has 0 aliphatic heterocycles. The number of aromatic nitrogens is 1. The summed E-state index contributed by atoms with van der Waals surface area (Å²) in [6.07, 6.45) is 0.943. The van der Waals surface area contributed by atoms with Gasteiger partial charge in [-0.15, -0.1) is 0 Å². The molecule has 2 N–H and O–H groups in total. The molecule has 3 nitrogen and oxygen atoms in total. The molecule has 0 amide bonds. The summed E-state index contributed by atoms with van der Waals surface area (Å²) < 4.78 is 7.56. The Kier molecular flexibility index (Phi) is 3.60. The largest absolute Gasteiger partial charge is 0.496 e. The number of fused-ring (bicyclic) bond motifs is 1. The standard InChI is InChI=1S/C13H17ClN2O/c1-9-8-10-12(17-2)5-4-11(14)13(10)16(9)7-3-6-15/h4-5,8H,3,6-7,15H2,1-2H3. The molecule has 0 aliphatic carbocycles. The molecule has 1 heterocycles. The number of nitrogens with zero attached hydrogens (tertiary/aromatic N) is 1. The molecule has 0 unspecified atom stereocenters. The van der Waals surface area contributed by atoms with Gasteiger partial charge in [0.25, 0.3) is 0 Å². The maximum Gasteiger partial charge on any atom is 0.128 e. The fraction of sp³-hybridized carbons (Fsp3) is 0.385. The van der Waals surface area contributed by atoms with Gasteiger partial charge in [0.05, 0.1) is 17.6 Å². The van der Waals surface area contributed by atoms with Crippen LogP contribution >= 0.6 is 11.6 Å². The number of benzene rings is 1. The van der Waals surface area contributed by atoms with Crippen LogP contribution in [0.2, 0.25) is 5.02 Å². The van der Waals surface area contributed by atoms with Gasteiger partial charge in [-0.1, -0.05) is 11.6 Å². The van der Waals surface area contributed by atoms with Gasteiger partial charge < -0.3 is 15.0 Å². The van der Waals surface area contributed by atoms with Gasteiger partial charge >= 0.3 is 0 Å². The first-order valence-electron chi connectivity index (χ1n) is 5.71. The first-order chi connectivity index (χ1) is 8.19. The maximum absolute atomic E-state index is 6.28. The number of aryl methyl sites for hydroxylation is 2. The molecule has 0 spiro atoms. The van der Waals surface area contributed by atoms with Gasteiger partial charge in [-0.3, -0.25) is 0 Å². The van der Waals surface area contributed by atoms with Gasteiger partial charge in [0.15, 0.2) is 0 Å². The molecule has 0 bridgehead atoms. The van der Waals surface area contributed by atoms with Crippen LogP contribution in [0.15, 0.2) is 18.2 Å². The Hall–Kier alpha value is -1.19. The van der Waals surface area contributed by atoms with Crippen LogP contribution < -0.4 is 10.5 Å². The van der Waals surface area contributed by atoms with Crippen LogP contribution in [0.25, 0.3) is 10.9 Å². The van der Waals surface area contributed by atoms with Crippen molar-refractivity contribution < 1.29 is 4.74 Å². The average molecular weight is 253 g/mol. The lowest BCUT2D eigenvalue weighted by Gasteiger charge is -2.09. The minimum atomic E-state index is 0.681. The topological polar surface area (TPSA) is 40.2 Å². The molecule has 0 atom stereocenters. The summed E-state index contributed by atoms with van der Waals surface area (Å²) in [5.41, 5.74) is 7.78. The third kappa shape index (κ3) is 2.13. The zero-order chi connectivity index (χ0) is 12.4. The third-order valence-electron chi connectivity index (χ3n) is 2.98. The molecule has 2 rings (SSSR count). The Balaban J connectivity index is 2.63. The van der Waals surface area contributed by atoms with E-state index in [0.717, 1.165) is 34.6 Å². The van der Waals surface area contributed by atoms with E-state index in [4.69, 9.17) is 22.1 Å². The zero-order valence-electron chi connectivity index (χ0n) is 10.2. The lowest BCUT2D eigenvalue weighted by atomic mass is 10.2. The number of hydrogen-bond acceptors (Lipinski definition) is 2. The van der Waals surface area contributed by atoms with Gasteiger partial charge in [-0.05, 0) is 38.1 Å². The van der Waals surface area contributed by atoms with E-state index in [1.165, 1.54) is 5.69 Å². The predicted octanol–water partition coefficient (Wildman–Crippen LogP) is 2.96. The molecule has 1 aromatic heterocycles. The summed E-state index contributed by atoms with van der Waals surface area (Å²) in [5.74, 6) is 0.860. The fourth-order valence-electron chi connectivity index (χ4n) is 2.16. The molecule has 1 aromatic carbocycles. The quantitative estimate of drug-likeness (QED) is 0.909. The summed E-state index contributed by atoms with van der Waals surface area (Å²) in [7, 11) is 1.68. The average Bonchev–Trinajstić information content (AvgIpc) is 2.65. The summed E-state index contributed by atoms with van der Waals surface area (Å²) in [4.78, 5) is 0. The van der Waals surface area contributed by atoms with E-state index >= 15 is 0 Å². The van der Waals surface area contributed by atoms with E-state index in [9.17, 15) is 0 Å². The minimum Gasteiger partial charge on any atom is -0.496 e. The molecule has 92 valence electrons. The first kappa shape index (κ1) is 12.3. The second-order valence-corrected chi connectivity index (χ2v) is 4.50. The van der Waals surface area contributed by atoms with Crippen LogP contribution in [0, 0.1) is 6.92 Å². The van der Waals surface area contributed by atoms with Crippen LogP contribution in [0.3, 0.4) is 0 Å². The van der Waals surface area contributed by atoms with Crippen molar-refractivity contribution in [2.75, 3.05) is 13.7 Å². The summed E-state index contributed by atoms with van der Waals surface area (Å²) in [6.45, 7) is 3.64. The van der Waals surface area contributed by atoms with Crippen molar-refractivity contribution in [1.29, 1.82) is 0 Å². The van der Waals surface area contributed by atoms with E-state index in [0.29, 0.717) is 6.54 Å². The SMILES string of the molecule is COc1ccc(Cl)c2c1cc(C)n2CCCN. The van der Waals surface area contributed by atoms with Crippen LogP contribution in [-0.4, -0.2) is 18.2 Å². The van der Waals surface area contributed by atoms with Crippen molar-refractivity contribution in [3.8, 4) is 5.75 Å². The summed E-state index contributed by atoms with van der Waals surface area (Å²) in [5, 5.41) is 1.82. The second-order valence-electron chi connectivity index (χ2n) is 4.09. The van der Waals surface area contributed by atoms with Gasteiger partial charge in [0, 0.05) is 17.6 Å². The Labute approximate surface area is 106 Å². The summed E-state index contributed by atoms with van der Waals surface area (Å²) in [6, 6.07) is 5.88. The highest BCUT2D eigenvalue weighted by Crippen LogP contribution is 2.34. The number of ether oxygens (including phenoxy) is 1. The Morgan fingerprint density at radius 1 is 1.41 bits per heavy atom. The van der Waals surface area contributed by atoms with E-state index in [1.807, 2.05) is 12.1 Å². The molecule has 4 heteroatoms. The molecule has 17 heavy (non-hydrogen) atoms. The minimum absolute atomic E-state index is 0.681. The summed E-state index contributed by atoms with van der Waals surface area (Å²) >= 11 is 6.28. The zero-order valence-corrected chi connectivity index (χ0v) is 10.9. The Bertz CT molecular complexity index is 534. The number of halogens is 1. The highest BCUT2D eigenvalue weighted by molar-refractivity contribution is 6.35. The lowest BCUT2D eigenvalue weighted by molar-refractivity contribution is 0.420. The second kappa shape index (κ2) is 4.98. The van der Waals surface area contributed by atoms with Crippen molar-refractivity contribution in [3.63, 3.8) is 0 Å². The van der Waals surface area contributed by atoms with Crippen molar-refractivity contribution in [2.24, 2.45) is 5.73 Å². The smallest absolute Gasteiger partial charge is 0.128 e. The van der Waals surface area contributed by atoms with Crippen LogP contribution in [-0.2, 0) is 6.54 Å². The van der Waals surface area contributed by atoms with E-state index in [-0.39, 0.29) is 0 Å². The van der Waals surface area contributed by atoms with Gasteiger partial charge in [0.2, 0.25) is 0 Å².